The fourth-order valence-corrected chi connectivity index (χ4v) is 4.34. The van der Waals surface area contributed by atoms with Gasteiger partial charge in [0.1, 0.15) is 5.75 Å². The van der Waals surface area contributed by atoms with Gasteiger partial charge in [-0.3, -0.25) is 9.48 Å². The third kappa shape index (κ3) is 2.69. The zero-order valence-electron chi connectivity index (χ0n) is 15.0. The van der Waals surface area contributed by atoms with E-state index in [1.807, 2.05) is 24.0 Å². The van der Waals surface area contributed by atoms with Crippen molar-refractivity contribution >= 4 is 5.91 Å². The Kier molecular flexibility index (Phi) is 3.74. The monoisotopic (exact) mass is 352 g/mol. The Morgan fingerprint density at radius 3 is 2.96 bits per heavy atom. The van der Waals surface area contributed by atoms with Crippen LogP contribution in [0.3, 0.4) is 0 Å². The summed E-state index contributed by atoms with van der Waals surface area (Å²) in [5, 5.41) is 7.98. The third-order valence-electron chi connectivity index (χ3n) is 5.79. The number of likely N-dealkylation sites (tertiary alicyclic amines) is 1. The van der Waals surface area contributed by atoms with E-state index in [1.165, 1.54) is 11.1 Å². The minimum absolute atomic E-state index is 0.0697. The Hall–Kier alpha value is -2.34. The number of benzene rings is 1. The van der Waals surface area contributed by atoms with Crippen LogP contribution in [0.25, 0.3) is 0 Å². The Morgan fingerprint density at radius 1 is 1.31 bits per heavy atom. The smallest absolute Gasteiger partial charge is 0.225 e. The summed E-state index contributed by atoms with van der Waals surface area (Å²) in [7, 11) is 1.96. The van der Waals surface area contributed by atoms with E-state index < -0.39 is 0 Å². The molecule has 136 valence electrons. The summed E-state index contributed by atoms with van der Waals surface area (Å²) in [6, 6.07) is 9.04. The van der Waals surface area contributed by atoms with Gasteiger partial charge in [0.05, 0.1) is 18.3 Å². The van der Waals surface area contributed by atoms with Crippen molar-refractivity contribution in [2.24, 2.45) is 7.05 Å². The number of carbonyl (C=O) groups is 1. The molecule has 2 aliphatic heterocycles. The second kappa shape index (κ2) is 6.13. The van der Waals surface area contributed by atoms with E-state index in [0.717, 1.165) is 43.9 Å². The lowest BCUT2D eigenvalue weighted by atomic mass is 10.0. The predicted molar refractivity (Wildman–Crippen MR) is 96.7 cm³/mol. The quantitative estimate of drug-likeness (QED) is 0.894. The first-order valence-electron chi connectivity index (χ1n) is 9.48. The first kappa shape index (κ1) is 15.9. The number of amides is 1. The molecule has 1 aliphatic carbocycles. The second-order valence-electron chi connectivity index (χ2n) is 7.59. The van der Waals surface area contributed by atoms with Crippen LogP contribution in [0.2, 0.25) is 0 Å². The van der Waals surface area contributed by atoms with Crippen molar-refractivity contribution in [1.29, 1.82) is 0 Å². The number of rotatable bonds is 5. The number of fused-ring (bicyclic) bond motifs is 1. The third-order valence-corrected chi connectivity index (χ3v) is 5.79. The van der Waals surface area contributed by atoms with Gasteiger partial charge in [0.2, 0.25) is 5.91 Å². The van der Waals surface area contributed by atoms with Crippen molar-refractivity contribution in [2.45, 2.75) is 50.4 Å². The van der Waals surface area contributed by atoms with E-state index in [1.54, 1.807) is 0 Å². The van der Waals surface area contributed by atoms with E-state index in [0.29, 0.717) is 12.5 Å². The van der Waals surface area contributed by atoms with Gasteiger partial charge in [0.25, 0.3) is 0 Å². The lowest BCUT2D eigenvalue weighted by Crippen LogP contribution is -2.38. The molecule has 1 saturated heterocycles. The molecule has 2 aromatic rings. The molecule has 1 aromatic heterocycles. The number of carbonyl (C=O) groups excluding carboxylic acids is 1. The molecular formula is C20H24N4O2. The molecule has 0 radical (unpaired) electrons. The summed E-state index contributed by atoms with van der Waals surface area (Å²) in [6.45, 7) is 1.54. The maximum Gasteiger partial charge on any atom is 0.225 e. The van der Waals surface area contributed by atoms with Crippen molar-refractivity contribution in [2.75, 3.05) is 6.61 Å². The standard InChI is InChI=1S/C20H24N4O2/c1-23-17(6-8-22-23)20-16(11-19(25)24(20)15-3-4-15)21-12-13-2-5-18-14(10-13)7-9-26-18/h2,5-6,8,10,15-16,20-21H,3-4,7,9,11-12H2,1H3/t16-,20-/m1/s1. The van der Waals surface area contributed by atoms with Gasteiger partial charge in [0.15, 0.2) is 0 Å². The first-order valence-corrected chi connectivity index (χ1v) is 9.48. The number of aromatic nitrogens is 2. The average molecular weight is 352 g/mol. The zero-order chi connectivity index (χ0) is 17.7. The fraction of sp³-hybridized carbons (Fsp3) is 0.500. The Labute approximate surface area is 153 Å². The molecule has 5 rings (SSSR count). The van der Waals surface area contributed by atoms with Crippen LogP contribution in [0, 0.1) is 0 Å². The van der Waals surface area contributed by atoms with Crippen LogP contribution in [0.5, 0.6) is 5.75 Å². The Bertz CT molecular complexity index is 842. The summed E-state index contributed by atoms with van der Waals surface area (Å²) in [6.07, 6.45) is 5.61. The molecule has 0 unspecified atom stereocenters. The number of hydrogen-bond acceptors (Lipinski definition) is 4. The highest BCUT2D eigenvalue weighted by atomic mass is 16.5. The number of hydrogen-bond donors (Lipinski definition) is 1. The van der Waals surface area contributed by atoms with Gasteiger partial charge in [-0.05, 0) is 36.1 Å². The molecule has 1 aromatic carbocycles. The van der Waals surface area contributed by atoms with Gasteiger partial charge in [-0.1, -0.05) is 12.1 Å². The van der Waals surface area contributed by atoms with E-state index >= 15 is 0 Å². The predicted octanol–water partition coefficient (Wildman–Crippen LogP) is 1.95. The van der Waals surface area contributed by atoms with Gasteiger partial charge >= 0.3 is 0 Å². The minimum Gasteiger partial charge on any atom is -0.493 e. The molecule has 1 saturated carbocycles. The van der Waals surface area contributed by atoms with Gasteiger partial charge in [-0.25, -0.2) is 0 Å². The van der Waals surface area contributed by atoms with Crippen LogP contribution >= 0.6 is 0 Å². The van der Waals surface area contributed by atoms with Crippen LogP contribution in [0.1, 0.15) is 42.1 Å². The number of aryl methyl sites for hydroxylation is 1. The maximum atomic E-state index is 12.7. The van der Waals surface area contributed by atoms with Crippen LogP contribution in [0.15, 0.2) is 30.5 Å². The summed E-state index contributed by atoms with van der Waals surface area (Å²) < 4.78 is 7.49. The molecule has 2 atom stereocenters. The van der Waals surface area contributed by atoms with Gasteiger partial charge in [0, 0.05) is 44.7 Å². The highest BCUT2D eigenvalue weighted by Crippen LogP contribution is 2.41. The molecule has 3 heterocycles. The Balaban J connectivity index is 1.37. The normalized spacial score (nSPS) is 24.8. The van der Waals surface area contributed by atoms with Crippen LogP contribution in [0.4, 0.5) is 0 Å². The fourth-order valence-electron chi connectivity index (χ4n) is 4.34. The number of nitrogens with zero attached hydrogens (tertiary/aromatic N) is 3. The lowest BCUT2D eigenvalue weighted by molar-refractivity contribution is -0.129. The molecule has 6 nitrogen and oxygen atoms in total. The largest absolute Gasteiger partial charge is 0.493 e. The van der Waals surface area contributed by atoms with Gasteiger partial charge in [-0.15, -0.1) is 0 Å². The lowest BCUT2D eigenvalue weighted by Gasteiger charge is -2.29. The number of ether oxygens (including phenoxy) is 1. The number of nitrogens with one attached hydrogen (secondary N) is 1. The molecule has 1 N–H and O–H groups in total. The molecule has 26 heavy (non-hydrogen) atoms. The highest BCUT2D eigenvalue weighted by Gasteiger charge is 2.47. The molecule has 6 heteroatoms. The van der Waals surface area contributed by atoms with Crippen molar-refractivity contribution in [3.8, 4) is 5.75 Å². The van der Waals surface area contributed by atoms with Crippen molar-refractivity contribution in [3.05, 3.63) is 47.3 Å². The molecule has 2 fully saturated rings. The van der Waals surface area contributed by atoms with Crippen molar-refractivity contribution < 1.29 is 9.53 Å². The summed E-state index contributed by atoms with van der Waals surface area (Å²) in [5.74, 6) is 1.27. The van der Waals surface area contributed by atoms with E-state index in [4.69, 9.17) is 4.74 Å². The van der Waals surface area contributed by atoms with E-state index in [9.17, 15) is 4.79 Å². The SMILES string of the molecule is Cn1nccc1[C@H]1[C@H](NCc2ccc3c(c2)CCO3)CC(=O)N1C1CC1. The van der Waals surface area contributed by atoms with Gasteiger partial charge < -0.3 is 15.0 Å². The molecule has 1 amide bonds. The van der Waals surface area contributed by atoms with E-state index in [-0.39, 0.29) is 18.0 Å². The molecular weight excluding hydrogens is 328 g/mol. The van der Waals surface area contributed by atoms with E-state index in [2.05, 4.69) is 33.5 Å². The summed E-state index contributed by atoms with van der Waals surface area (Å²) in [5.41, 5.74) is 3.65. The topological polar surface area (TPSA) is 59.4 Å². The highest BCUT2D eigenvalue weighted by molar-refractivity contribution is 5.81. The second-order valence-corrected chi connectivity index (χ2v) is 7.59. The van der Waals surface area contributed by atoms with Crippen LogP contribution < -0.4 is 10.1 Å². The van der Waals surface area contributed by atoms with Gasteiger partial charge in [-0.2, -0.15) is 5.10 Å². The molecule has 0 spiro atoms. The van der Waals surface area contributed by atoms with Crippen LogP contribution in [-0.4, -0.2) is 39.3 Å². The maximum absolute atomic E-state index is 12.7. The Morgan fingerprint density at radius 2 is 2.19 bits per heavy atom. The van der Waals surface area contributed by atoms with Crippen molar-refractivity contribution in [1.82, 2.24) is 20.0 Å². The molecule has 3 aliphatic rings. The summed E-state index contributed by atoms with van der Waals surface area (Å²) >= 11 is 0. The van der Waals surface area contributed by atoms with Crippen LogP contribution in [-0.2, 0) is 24.8 Å². The van der Waals surface area contributed by atoms with Crippen molar-refractivity contribution in [3.63, 3.8) is 0 Å². The first-order chi connectivity index (χ1) is 12.7. The minimum atomic E-state index is 0.0697. The molecule has 0 bridgehead atoms. The summed E-state index contributed by atoms with van der Waals surface area (Å²) in [4.78, 5) is 14.8. The zero-order valence-corrected chi connectivity index (χ0v) is 15.0. The average Bonchev–Trinajstić information content (AvgIpc) is 3.06.